The van der Waals surface area contributed by atoms with Crippen molar-refractivity contribution in [1.29, 1.82) is 0 Å². The summed E-state index contributed by atoms with van der Waals surface area (Å²) in [5.74, 6) is -1.85. The molecule has 1 heterocycles. The largest absolute Gasteiger partial charge is 0.477 e. The Labute approximate surface area is 163 Å². The maximum Gasteiger partial charge on any atom is 0.311 e. The molecule has 0 aliphatic heterocycles. The van der Waals surface area contributed by atoms with Gasteiger partial charge in [0, 0.05) is 17.0 Å². The maximum absolute atomic E-state index is 13.3. The van der Waals surface area contributed by atoms with E-state index in [0.717, 1.165) is 41.5 Å². The second kappa shape index (κ2) is 7.93. The molecule has 0 unspecified atom stereocenters. The van der Waals surface area contributed by atoms with Crippen molar-refractivity contribution in [3.63, 3.8) is 0 Å². The zero-order chi connectivity index (χ0) is 20.4. The summed E-state index contributed by atoms with van der Waals surface area (Å²) in [4.78, 5) is 35.4. The Balaban J connectivity index is 1.75. The molecule has 8 nitrogen and oxygen atoms in total. The lowest BCUT2D eigenvalue weighted by Crippen LogP contribution is -2.23. The van der Waals surface area contributed by atoms with Crippen LogP contribution < -0.4 is 15.8 Å². The van der Waals surface area contributed by atoms with Gasteiger partial charge in [0.25, 0.3) is 11.8 Å². The van der Waals surface area contributed by atoms with Crippen molar-refractivity contribution in [2.45, 2.75) is 26.2 Å². The van der Waals surface area contributed by atoms with Crippen molar-refractivity contribution in [2.24, 2.45) is 11.7 Å². The Morgan fingerprint density at radius 2 is 2.21 bits per heavy atom. The van der Waals surface area contributed by atoms with E-state index in [9.17, 15) is 24.1 Å². The standard InChI is InChI=1S/C18H18FN3O5S/c1-9-2-4-11-14(6-9)28-18(16(11)17(20)24)21-15(23)8-27-13-7-10(19)3-5-12(13)22(25)26/h3,5,7,9H,2,4,6,8H2,1H3,(H2,20,24)(H,21,23)/t9-/m1/s1. The number of hydrogen-bond donors (Lipinski definition) is 2. The van der Waals surface area contributed by atoms with E-state index in [0.29, 0.717) is 22.9 Å². The summed E-state index contributed by atoms with van der Waals surface area (Å²) in [5, 5.41) is 13.9. The topological polar surface area (TPSA) is 125 Å². The minimum Gasteiger partial charge on any atom is -0.477 e. The molecule has 1 aliphatic carbocycles. The summed E-state index contributed by atoms with van der Waals surface area (Å²) < 4.78 is 18.5. The Kier molecular flexibility index (Phi) is 5.59. The third kappa shape index (κ3) is 4.11. The minimum absolute atomic E-state index is 0.303. The van der Waals surface area contributed by atoms with Gasteiger partial charge in [-0.15, -0.1) is 11.3 Å². The first-order valence-electron chi connectivity index (χ1n) is 8.57. The second-order valence-corrected chi connectivity index (χ2v) is 7.73. The lowest BCUT2D eigenvalue weighted by molar-refractivity contribution is -0.385. The molecule has 0 spiro atoms. The average Bonchev–Trinajstić information content (AvgIpc) is 2.96. The Hall–Kier alpha value is -3.01. The van der Waals surface area contributed by atoms with Gasteiger partial charge in [-0.3, -0.25) is 19.7 Å². The summed E-state index contributed by atoms with van der Waals surface area (Å²) in [6, 6.07) is 2.73. The SMILES string of the molecule is C[C@@H]1CCc2c(sc(NC(=O)COc3cc(F)ccc3[N+](=O)[O-])c2C(N)=O)C1. The van der Waals surface area contributed by atoms with Gasteiger partial charge in [-0.2, -0.15) is 0 Å². The van der Waals surface area contributed by atoms with E-state index in [4.69, 9.17) is 10.5 Å². The van der Waals surface area contributed by atoms with Crippen molar-refractivity contribution in [1.82, 2.24) is 0 Å². The van der Waals surface area contributed by atoms with E-state index in [-0.39, 0.29) is 5.75 Å². The molecular formula is C18H18FN3O5S. The third-order valence-electron chi connectivity index (χ3n) is 4.49. The fourth-order valence-electron chi connectivity index (χ4n) is 3.16. The predicted octanol–water partition coefficient (Wildman–Crippen LogP) is 3.04. The van der Waals surface area contributed by atoms with Crippen LogP contribution in [0.2, 0.25) is 0 Å². The van der Waals surface area contributed by atoms with Crippen molar-refractivity contribution in [2.75, 3.05) is 11.9 Å². The van der Waals surface area contributed by atoms with Gasteiger partial charge in [-0.1, -0.05) is 6.92 Å². The number of fused-ring (bicyclic) bond motifs is 1. The van der Waals surface area contributed by atoms with Gasteiger partial charge in [0.1, 0.15) is 10.8 Å². The van der Waals surface area contributed by atoms with Crippen molar-refractivity contribution in [3.8, 4) is 5.75 Å². The van der Waals surface area contributed by atoms with Crippen molar-refractivity contribution < 1.29 is 23.6 Å². The van der Waals surface area contributed by atoms with Crippen LogP contribution in [0, 0.1) is 21.8 Å². The number of thiophene rings is 1. The number of benzene rings is 1. The van der Waals surface area contributed by atoms with Gasteiger partial charge in [0.15, 0.2) is 6.61 Å². The number of nitrogens with two attached hydrogens (primary N) is 1. The molecule has 10 heteroatoms. The molecule has 1 atom stereocenters. The third-order valence-corrected chi connectivity index (χ3v) is 5.66. The summed E-state index contributed by atoms with van der Waals surface area (Å²) in [6.07, 6.45) is 2.46. The van der Waals surface area contributed by atoms with Gasteiger partial charge < -0.3 is 15.8 Å². The molecule has 1 aliphatic rings. The number of hydrogen-bond acceptors (Lipinski definition) is 6. The highest BCUT2D eigenvalue weighted by Crippen LogP contribution is 2.39. The van der Waals surface area contributed by atoms with Crippen LogP contribution in [0.5, 0.6) is 5.75 Å². The van der Waals surface area contributed by atoms with Gasteiger partial charge in [0.2, 0.25) is 5.75 Å². The molecule has 2 aromatic rings. The lowest BCUT2D eigenvalue weighted by atomic mass is 9.88. The Morgan fingerprint density at radius 1 is 1.46 bits per heavy atom. The number of rotatable bonds is 6. The highest BCUT2D eigenvalue weighted by molar-refractivity contribution is 7.17. The second-order valence-electron chi connectivity index (χ2n) is 6.63. The number of amides is 2. The number of ether oxygens (including phenoxy) is 1. The number of primary amides is 1. The van der Waals surface area contributed by atoms with Crippen LogP contribution >= 0.6 is 11.3 Å². The first-order chi connectivity index (χ1) is 13.3. The number of nitro groups is 1. The number of nitro benzene ring substituents is 1. The smallest absolute Gasteiger partial charge is 0.311 e. The fourth-order valence-corrected chi connectivity index (χ4v) is 4.59. The first-order valence-corrected chi connectivity index (χ1v) is 9.38. The molecule has 0 fully saturated rings. The molecule has 28 heavy (non-hydrogen) atoms. The van der Waals surface area contributed by atoms with Gasteiger partial charge >= 0.3 is 5.69 Å². The van der Waals surface area contributed by atoms with E-state index in [1.807, 2.05) is 0 Å². The van der Waals surface area contributed by atoms with Gasteiger partial charge in [-0.05, 0) is 36.8 Å². The van der Waals surface area contributed by atoms with E-state index < -0.39 is 34.8 Å². The molecule has 1 aromatic carbocycles. The molecule has 148 valence electrons. The highest BCUT2D eigenvalue weighted by atomic mass is 32.1. The van der Waals surface area contributed by atoms with Gasteiger partial charge in [-0.25, -0.2) is 4.39 Å². The highest BCUT2D eigenvalue weighted by Gasteiger charge is 2.27. The maximum atomic E-state index is 13.3. The van der Waals surface area contributed by atoms with Gasteiger partial charge in [0.05, 0.1) is 10.5 Å². The average molecular weight is 407 g/mol. The normalized spacial score (nSPS) is 15.6. The van der Waals surface area contributed by atoms with Crippen LogP contribution in [-0.2, 0) is 17.6 Å². The molecule has 0 saturated carbocycles. The summed E-state index contributed by atoms with van der Waals surface area (Å²) >= 11 is 1.30. The molecule has 2 amide bonds. The van der Waals surface area contributed by atoms with E-state index in [1.54, 1.807) is 0 Å². The number of nitrogens with zero attached hydrogens (tertiary/aromatic N) is 1. The van der Waals surface area contributed by atoms with Crippen LogP contribution in [-0.4, -0.2) is 23.3 Å². The predicted molar refractivity (Wildman–Crippen MR) is 101 cm³/mol. The molecule has 0 bridgehead atoms. The Morgan fingerprint density at radius 3 is 2.89 bits per heavy atom. The first kappa shape index (κ1) is 19.7. The lowest BCUT2D eigenvalue weighted by Gasteiger charge is -2.18. The van der Waals surface area contributed by atoms with Crippen LogP contribution in [0.1, 0.15) is 34.1 Å². The minimum atomic E-state index is -0.730. The molecule has 0 radical (unpaired) electrons. The van der Waals surface area contributed by atoms with Crippen molar-refractivity contribution in [3.05, 3.63) is 50.1 Å². The van der Waals surface area contributed by atoms with Crippen LogP contribution in [0.3, 0.4) is 0 Å². The zero-order valence-electron chi connectivity index (χ0n) is 15.0. The van der Waals surface area contributed by atoms with Crippen molar-refractivity contribution >= 4 is 33.8 Å². The number of nitrogens with one attached hydrogen (secondary N) is 1. The molecule has 3 N–H and O–H groups in total. The monoisotopic (exact) mass is 407 g/mol. The van der Waals surface area contributed by atoms with E-state index >= 15 is 0 Å². The van der Waals surface area contributed by atoms with Crippen LogP contribution in [0.15, 0.2) is 18.2 Å². The number of carbonyl (C=O) groups is 2. The number of anilines is 1. The van der Waals surface area contributed by atoms with Crippen LogP contribution in [0.25, 0.3) is 0 Å². The summed E-state index contributed by atoms with van der Waals surface area (Å²) in [5.41, 5.74) is 6.22. The summed E-state index contributed by atoms with van der Waals surface area (Å²) in [6.45, 7) is 1.53. The summed E-state index contributed by atoms with van der Waals surface area (Å²) in [7, 11) is 0. The molecule has 3 rings (SSSR count). The van der Waals surface area contributed by atoms with Crippen LogP contribution in [0.4, 0.5) is 15.1 Å². The number of carbonyl (C=O) groups excluding carboxylic acids is 2. The molecule has 0 saturated heterocycles. The molecular weight excluding hydrogens is 389 g/mol. The van der Waals surface area contributed by atoms with E-state index in [1.165, 1.54) is 11.3 Å². The number of halogens is 1. The molecule has 1 aromatic heterocycles. The quantitative estimate of drug-likeness (QED) is 0.562. The fraction of sp³-hybridized carbons (Fsp3) is 0.333. The Bertz CT molecular complexity index is 959. The van der Waals surface area contributed by atoms with E-state index in [2.05, 4.69) is 12.2 Å². The zero-order valence-corrected chi connectivity index (χ0v) is 15.8.